The summed E-state index contributed by atoms with van der Waals surface area (Å²) in [7, 11) is 4.05. The molecule has 1 aromatic heterocycles. The smallest absolute Gasteiger partial charge is 0.304 e. The number of carbonyl (C=O) groups is 1. The van der Waals surface area contributed by atoms with Crippen LogP contribution in [0.25, 0.3) is 11.3 Å². The van der Waals surface area contributed by atoms with Crippen molar-refractivity contribution in [2.45, 2.75) is 32.8 Å². The van der Waals surface area contributed by atoms with E-state index in [1.165, 1.54) is 0 Å². The molecular formula is C28H32N2O5. The molecular weight excluding hydrogens is 444 g/mol. The van der Waals surface area contributed by atoms with Gasteiger partial charge >= 0.3 is 5.97 Å². The largest absolute Gasteiger partial charge is 0.493 e. The average Bonchev–Trinajstić information content (AvgIpc) is 3.18. The molecule has 0 bridgehead atoms. The molecule has 1 aliphatic rings. The van der Waals surface area contributed by atoms with Gasteiger partial charge in [0.05, 0.1) is 18.7 Å². The summed E-state index contributed by atoms with van der Waals surface area (Å²) >= 11 is 0. The summed E-state index contributed by atoms with van der Waals surface area (Å²) in [4.78, 5) is 17.9. The van der Waals surface area contributed by atoms with Crippen LogP contribution in [0.5, 0.6) is 17.4 Å². The third kappa shape index (κ3) is 6.11. The van der Waals surface area contributed by atoms with Gasteiger partial charge in [-0.3, -0.25) is 4.79 Å². The van der Waals surface area contributed by atoms with Crippen molar-refractivity contribution in [3.8, 4) is 28.6 Å². The molecule has 184 valence electrons. The van der Waals surface area contributed by atoms with Crippen molar-refractivity contribution in [1.29, 1.82) is 0 Å². The van der Waals surface area contributed by atoms with Crippen LogP contribution in [0.3, 0.4) is 0 Å². The summed E-state index contributed by atoms with van der Waals surface area (Å²) < 4.78 is 17.6. The first-order valence-electron chi connectivity index (χ1n) is 11.8. The van der Waals surface area contributed by atoms with Crippen LogP contribution in [0.15, 0.2) is 48.5 Å². The predicted molar refractivity (Wildman–Crippen MR) is 134 cm³/mol. The fraction of sp³-hybridized carbons (Fsp3) is 0.357. The van der Waals surface area contributed by atoms with E-state index in [1.54, 1.807) is 0 Å². The van der Waals surface area contributed by atoms with Gasteiger partial charge in [0.15, 0.2) is 0 Å². The highest BCUT2D eigenvalue weighted by atomic mass is 16.5. The second-order valence-electron chi connectivity index (χ2n) is 9.21. The molecule has 2 aromatic carbocycles. The van der Waals surface area contributed by atoms with Gasteiger partial charge in [-0.1, -0.05) is 18.2 Å². The van der Waals surface area contributed by atoms with E-state index in [4.69, 9.17) is 24.3 Å². The molecule has 0 spiro atoms. The first-order valence-corrected chi connectivity index (χ1v) is 11.8. The van der Waals surface area contributed by atoms with E-state index >= 15 is 0 Å². The lowest BCUT2D eigenvalue weighted by Crippen LogP contribution is -2.19. The minimum atomic E-state index is -0.818. The van der Waals surface area contributed by atoms with Crippen LogP contribution in [0.4, 0.5) is 0 Å². The molecule has 1 aliphatic heterocycles. The van der Waals surface area contributed by atoms with Gasteiger partial charge in [-0.2, -0.15) is 0 Å². The summed E-state index contributed by atoms with van der Waals surface area (Å²) in [5.74, 6) is 1.22. The molecule has 1 N–H and O–H groups in total. The van der Waals surface area contributed by atoms with E-state index in [0.717, 1.165) is 51.6 Å². The number of benzene rings is 2. The topological polar surface area (TPSA) is 81.1 Å². The van der Waals surface area contributed by atoms with Gasteiger partial charge < -0.3 is 24.2 Å². The molecule has 7 nitrogen and oxygen atoms in total. The van der Waals surface area contributed by atoms with Gasteiger partial charge in [-0.05, 0) is 68.9 Å². The van der Waals surface area contributed by atoms with Crippen molar-refractivity contribution in [1.82, 2.24) is 9.88 Å². The number of nitrogens with zero attached hydrogens (tertiary/aromatic N) is 2. The Morgan fingerprint density at radius 2 is 1.89 bits per heavy atom. The molecule has 3 aromatic rings. The summed E-state index contributed by atoms with van der Waals surface area (Å²) in [5, 5.41) is 9.08. The van der Waals surface area contributed by atoms with Crippen LogP contribution in [0, 0.1) is 13.8 Å². The first-order chi connectivity index (χ1) is 16.8. The number of hydrogen-bond acceptors (Lipinski definition) is 6. The number of carboxylic acids is 1. The summed E-state index contributed by atoms with van der Waals surface area (Å²) in [6, 6.07) is 15.7. The Hall–Kier alpha value is -3.58. The first kappa shape index (κ1) is 24.5. The van der Waals surface area contributed by atoms with E-state index in [-0.39, 0.29) is 12.3 Å². The van der Waals surface area contributed by atoms with Crippen LogP contribution in [0.2, 0.25) is 0 Å². The quantitative estimate of drug-likeness (QED) is 0.449. The second kappa shape index (κ2) is 10.8. The van der Waals surface area contributed by atoms with Crippen molar-refractivity contribution >= 4 is 5.97 Å². The lowest BCUT2D eigenvalue weighted by atomic mass is 9.97. The van der Waals surface area contributed by atoms with Gasteiger partial charge in [0, 0.05) is 29.7 Å². The highest BCUT2D eigenvalue weighted by molar-refractivity contribution is 5.69. The Bertz CT molecular complexity index is 1180. The third-order valence-electron chi connectivity index (χ3n) is 6.06. The van der Waals surface area contributed by atoms with Crippen LogP contribution >= 0.6 is 0 Å². The molecule has 0 aliphatic carbocycles. The number of aliphatic carboxylic acids is 1. The zero-order valence-electron chi connectivity index (χ0n) is 20.7. The molecule has 0 saturated heterocycles. The maximum Gasteiger partial charge on any atom is 0.304 e. The van der Waals surface area contributed by atoms with Crippen molar-refractivity contribution in [3.05, 3.63) is 70.8 Å². The van der Waals surface area contributed by atoms with Crippen LogP contribution < -0.4 is 14.2 Å². The monoisotopic (exact) mass is 476 g/mol. The summed E-state index contributed by atoms with van der Waals surface area (Å²) in [6.45, 7) is 6.37. The van der Waals surface area contributed by atoms with Crippen LogP contribution in [0.1, 0.15) is 34.6 Å². The van der Waals surface area contributed by atoms with Gasteiger partial charge in [-0.25, -0.2) is 4.98 Å². The number of fused-ring (bicyclic) bond motifs is 1. The van der Waals surface area contributed by atoms with Crippen LogP contribution in [-0.4, -0.2) is 54.8 Å². The SMILES string of the molecule is Cc1cc(OCCN(C)C)cc(C)c1-c1cccc(OCc2ccc3c(c2)OCC3CC(=O)O)n1. The van der Waals surface area contributed by atoms with E-state index < -0.39 is 5.97 Å². The van der Waals surface area contributed by atoms with Crippen molar-refractivity contribution in [2.75, 3.05) is 33.9 Å². The Labute approximate surface area is 206 Å². The zero-order valence-corrected chi connectivity index (χ0v) is 20.7. The molecule has 0 radical (unpaired) electrons. The highest BCUT2D eigenvalue weighted by Gasteiger charge is 2.26. The minimum Gasteiger partial charge on any atom is -0.493 e. The Kier molecular flexibility index (Phi) is 7.56. The number of pyridine rings is 1. The molecule has 0 saturated carbocycles. The molecule has 35 heavy (non-hydrogen) atoms. The summed E-state index contributed by atoms with van der Waals surface area (Å²) in [5.41, 5.74) is 6.01. The van der Waals surface area contributed by atoms with E-state index in [1.807, 2.05) is 50.5 Å². The van der Waals surface area contributed by atoms with Gasteiger partial charge in [-0.15, -0.1) is 0 Å². The number of likely N-dealkylation sites (N-methyl/N-ethyl adjacent to an activating group) is 1. The number of aryl methyl sites for hydroxylation is 2. The van der Waals surface area contributed by atoms with Crippen molar-refractivity contribution < 1.29 is 24.1 Å². The number of carboxylic acid groups (broad SMARTS) is 1. The third-order valence-corrected chi connectivity index (χ3v) is 6.06. The van der Waals surface area contributed by atoms with Gasteiger partial charge in [0.25, 0.3) is 0 Å². The molecule has 1 unspecified atom stereocenters. The van der Waals surface area contributed by atoms with E-state index in [0.29, 0.717) is 25.7 Å². The number of aromatic nitrogens is 1. The molecule has 0 amide bonds. The molecule has 7 heteroatoms. The highest BCUT2D eigenvalue weighted by Crippen LogP contribution is 2.37. The fourth-order valence-corrected chi connectivity index (χ4v) is 4.34. The van der Waals surface area contributed by atoms with Gasteiger partial charge in [0.1, 0.15) is 24.7 Å². The maximum atomic E-state index is 11.1. The van der Waals surface area contributed by atoms with E-state index in [9.17, 15) is 4.79 Å². The standard InChI is InChI=1S/C28H32N2O5/c1-18-12-22(33-11-10-30(3)4)13-19(2)28(18)24-6-5-7-26(29-24)35-16-20-8-9-23-21(15-27(31)32)17-34-25(23)14-20/h5-9,12-14,21H,10-11,15-17H2,1-4H3,(H,31,32). The molecule has 2 heterocycles. The average molecular weight is 477 g/mol. The Balaban J connectivity index is 1.44. The second-order valence-corrected chi connectivity index (χ2v) is 9.21. The minimum absolute atomic E-state index is 0.0710. The maximum absolute atomic E-state index is 11.1. The number of hydrogen-bond donors (Lipinski definition) is 1. The fourth-order valence-electron chi connectivity index (χ4n) is 4.34. The molecule has 4 rings (SSSR count). The normalized spacial score (nSPS) is 14.5. The summed E-state index contributed by atoms with van der Waals surface area (Å²) in [6.07, 6.45) is 0.0710. The van der Waals surface area contributed by atoms with E-state index in [2.05, 4.69) is 30.9 Å². The lowest BCUT2D eigenvalue weighted by molar-refractivity contribution is -0.137. The van der Waals surface area contributed by atoms with Gasteiger partial charge in [0.2, 0.25) is 5.88 Å². The van der Waals surface area contributed by atoms with Crippen LogP contribution in [-0.2, 0) is 11.4 Å². The Morgan fingerprint density at radius 3 is 2.60 bits per heavy atom. The molecule has 1 atom stereocenters. The van der Waals surface area contributed by atoms with Crippen molar-refractivity contribution in [3.63, 3.8) is 0 Å². The Morgan fingerprint density at radius 1 is 1.11 bits per heavy atom. The lowest BCUT2D eigenvalue weighted by Gasteiger charge is -2.15. The predicted octanol–water partition coefficient (Wildman–Crippen LogP) is 4.84. The molecule has 0 fully saturated rings. The van der Waals surface area contributed by atoms with Crippen molar-refractivity contribution in [2.24, 2.45) is 0 Å². The number of rotatable bonds is 10. The zero-order chi connectivity index (χ0) is 24.9. The number of ether oxygens (including phenoxy) is 3.